The van der Waals surface area contributed by atoms with Crippen molar-refractivity contribution in [3.63, 3.8) is 0 Å². The second-order valence-corrected chi connectivity index (χ2v) is 6.01. The molecule has 0 aliphatic heterocycles. The van der Waals surface area contributed by atoms with E-state index in [1.807, 2.05) is 24.3 Å². The van der Waals surface area contributed by atoms with Crippen LogP contribution in [0.4, 0.5) is 0 Å². The molecular weight excluding hydrogens is 346 g/mol. The number of benzene rings is 2. The number of para-hydroxylation sites is 1. The number of hydrogen-bond acceptors (Lipinski definition) is 4. The summed E-state index contributed by atoms with van der Waals surface area (Å²) < 4.78 is 10.6. The zero-order valence-electron chi connectivity index (χ0n) is 15.1. The second-order valence-electron chi connectivity index (χ2n) is 6.01. The quantitative estimate of drug-likeness (QED) is 0.583. The Bertz CT molecular complexity index is 934. The van der Waals surface area contributed by atoms with Gasteiger partial charge in [-0.2, -0.15) is 0 Å². The van der Waals surface area contributed by atoms with Gasteiger partial charge >= 0.3 is 0 Å². The van der Waals surface area contributed by atoms with Gasteiger partial charge in [-0.3, -0.25) is 20.4 Å². The normalized spacial score (nSPS) is 11.6. The van der Waals surface area contributed by atoms with Gasteiger partial charge in [0, 0.05) is 17.1 Å². The maximum Gasteiger partial charge on any atom is 0.279 e. The average Bonchev–Trinajstić information content (AvgIpc) is 3.09. The SMILES string of the molecule is COc1ccc(OC(C)C(=O)NNC(=O)Cc2c[nH]c3ccccc23)cc1. The number of nitrogens with one attached hydrogen (secondary N) is 3. The molecule has 0 aliphatic rings. The minimum atomic E-state index is -0.771. The Morgan fingerprint density at radius 1 is 1.04 bits per heavy atom. The number of fused-ring (bicyclic) bond motifs is 1. The van der Waals surface area contributed by atoms with E-state index < -0.39 is 12.0 Å². The Balaban J connectivity index is 1.49. The number of methoxy groups -OCH3 is 1. The van der Waals surface area contributed by atoms with E-state index in [1.165, 1.54) is 0 Å². The predicted octanol–water partition coefficient (Wildman–Crippen LogP) is 2.33. The molecule has 0 saturated carbocycles. The van der Waals surface area contributed by atoms with Crippen LogP contribution in [0.15, 0.2) is 54.7 Å². The fraction of sp³-hybridized carbons (Fsp3) is 0.200. The highest BCUT2D eigenvalue weighted by atomic mass is 16.5. The summed E-state index contributed by atoms with van der Waals surface area (Å²) in [6.07, 6.45) is 1.17. The van der Waals surface area contributed by atoms with Crippen LogP contribution < -0.4 is 20.3 Å². The van der Waals surface area contributed by atoms with E-state index in [2.05, 4.69) is 15.8 Å². The smallest absolute Gasteiger partial charge is 0.279 e. The van der Waals surface area contributed by atoms with E-state index in [0.29, 0.717) is 11.5 Å². The zero-order chi connectivity index (χ0) is 19.2. The summed E-state index contributed by atoms with van der Waals surface area (Å²) in [5.41, 5.74) is 6.63. The molecular formula is C20H21N3O4. The summed E-state index contributed by atoms with van der Waals surface area (Å²) in [7, 11) is 1.57. The molecule has 1 atom stereocenters. The molecule has 27 heavy (non-hydrogen) atoms. The average molecular weight is 367 g/mol. The van der Waals surface area contributed by atoms with Gasteiger partial charge in [0.05, 0.1) is 13.5 Å². The van der Waals surface area contributed by atoms with Gasteiger partial charge in [0.25, 0.3) is 5.91 Å². The lowest BCUT2D eigenvalue weighted by atomic mass is 10.1. The third-order valence-electron chi connectivity index (χ3n) is 4.09. The van der Waals surface area contributed by atoms with Gasteiger partial charge in [-0.15, -0.1) is 0 Å². The molecule has 0 spiro atoms. The Hall–Kier alpha value is -3.48. The highest BCUT2D eigenvalue weighted by molar-refractivity contribution is 5.90. The summed E-state index contributed by atoms with van der Waals surface area (Å²) in [5.74, 6) is 0.468. The van der Waals surface area contributed by atoms with Crippen molar-refractivity contribution in [2.45, 2.75) is 19.4 Å². The van der Waals surface area contributed by atoms with E-state index in [1.54, 1.807) is 44.5 Å². The molecule has 1 heterocycles. The molecule has 0 saturated heterocycles. The van der Waals surface area contributed by atoms with Crippen molar-refractivity contribution in [1.29, 1.82) is 0 Å². The largest absolute Gasteiger partial charge is 0.497 e. The van der Waals surface area contributed by atoms with E-state index in [0.717, 1.165) is 16.5 Å². The molecule has 1 unspecified atom stereocenters. The number of hydrazine groups is 1. The summed E-state index contributed by atoms with van der Waals surface area (Å²) in [4.78, 5) is 27.3. The molecule has 0 bridgehead atoms. The highest BCUT2D eigenvalue weighted by Crippen LogP contribution is 2.19. The Kier molecular flexibility index (Phi) is 5.61. The minimum Gasteiger partial charge on any atom is -0.497 e. The van der Waals surface area contributed by atoms with Gasteiger partial charge in [-0.05, 0) is 42.8 Å². The summed E-state index contributed by atoms with van der Waals surface area (Å²) >= 11 is 0. The van der Waals surface area contributed by atoms with Crippen LogP contribution in [-0.2, 0) is 16.0 Å². The first-order valence-corrected chi connectivity index (χ1v) is 8.51. The van der Waals surface area contributed by atoms with E-state index in [4.69, 9.17) is 9.47 Å². The standard InChI is InChI=1S/C20H21N3O4/c1-13(27-16-9-7-15(26-2)8-10-16)20(25)23-22-19(24)11-14-12-21-18-6-4-3-5-17(14)18/h3-10,12-13,21H,11H2,1-2H3,(H,22,24)(H,23,25). The molecule has 0 fully saturated rings. The number of hydrogen-bond donors (Lipinski definition) is 3. The van der Waals surface area contributed by atoms with Crippen LogP contribution in [0.3, 0.4) is 0 Å². The molecule has 1 aromatic heterocycles. The van der Waals surface area contributed by atoms with Gasteiger partial charge in [-0.1, -0.05) is 18.2 Å². The predicted molar refractivity (Wildman–Crippen MR) is 101 cm³/mol. The number of aromatic nitrogens is 1. The van der Waals surface area contributed by atoms with Crippen LogP contribution in [0.5, 0.6) is 11.5 Å². The van der Waals surface area contributed by atoms with Crippen molar-refractivity contribution in [3.8, 4) is 11.5 Å². The molecule has 7 nitrogen and oxygen atoms in total. The lowest BCUT2D eigenvalue weighted by Crippen LogP contribution is -2.47. The third kappa shape index (κ3) is 4.58. The van der Waals surface area contributed by atoms with Crippen molar-refractivity contribution in [2.75, 3.05) is 7.11 Å². The first-order chi connectivity index (χ1) is 13.1. The second kappa shape index (κ2) is 8.27. The highest BCUT2D eigenvalue weighted by Gasteiger charge is 2.16. The molecule has 3 N–H and O–H groups in total. The van der Waals surface area contributed by atoms with E-state index in [-0.39, 0.29) is 12.3 Å². The first-order valence-electron chi connectivity index (χ1n) is 8.51. The van der Waals surface area contributed by atoms with Crippen LogP contribution in [0, 0.1) is 0 Å². The lowest BCUT2D eigenvalue weighted by molar-refractivity contribution is -0.132. The van der Waals surface area contributed by atoms with Crippen LogP contribution >= 0.6 is 0 Å². The van der Waals surface area contributed by atoms with Crippen LogP contribution in [0.25, 0.3) is 10.9 Å². The number of carbonyl (C=O) groups excluding carboxylic acids is 2. The van der Waals surface area contributed by atoms with Crippen molar-refractivity contribution in [3.05, 3.63) is 60.3 Å². The molecule has 3 aromatic rings. The van der Waals surface area contributed by atoms with Crippen LogP contribution in [0.2, 0.25) is 0 Å². The fourth-order valence-corrected chi connectivity index (χ4v) is 2.64. The Morgan fingerprint density at radius 3 is 2.48 bits per heavy atom. The zero-order valence-corrected chi connectivity index (χ0v) is 15.1. The van der Waals surface area contributed by atoms with Gasteiger partial charge < -0.3 is 14.5 Å². The molecule has 0 radical (unpaired) electrons. The van der Waals surface area contributed by atoms with Crippen molar-refractivity contribution in [1.82, 2.24) is 15.8 Å². The van der Waals surface area contributed by atoms with Gasteiger partial charge in [0.15, 0.2) is 6.10 Å². The Labute approximate surface area is 156 Å². The molecule has 3 rings (SSSR count). The summed E-state index contributed by atoms with van der Waals surface area (Å²) in [5, 5.41) is 0.982. The van der Waals surface area contributed by atoms with Gasteiger partial charge in [0.1, 0.15) is 11.5 Å². The third-order valence-corrected chi connectivity index (χ3v) is 4.09. The van der Waals surface area contributed by atoms with E-state index in [9.17, 15) is 9.59 Å². The van der Waals surface area contributed by atoms with Gasteiger partial charge in [-0.25, -0.2) is 0 Å². The van der Waals surface area contributed by atoms with Crippen molar-refractivity contribution < 1.29 is 19.1 Å². The van der Waals surface area contributed by atoms with E-state index >= 15 is 0 Å². The molecule has 0 aliphatic carbocycles. The topological polar surface area (TPSA) is 92.4 Å². The molecule has 7 heteroatoms. The molecule has 140 valence electrons. The van der Waals surface area contributed by atoms with Crippen LogP contribution in [-0.4, -0.2) is 30.0 Å². The maximum absolute atomic E-state index is 12.1. The first kappa shape index (κ1) is 18.3. The van der Waals surface area contributed by atoms with Crippen molar-refractivity contribution >= 4 is 22.7 Å². The minimum absolute atomic E-state index is 0.151. The lowest BCUT2D eigenvalue weighted by Gasteiger charge is -2.15. The number of aromatic amines is 1. The van der Waals surface area contributed by atoms with Crippen molar-refractivity contribution in [2.24, 2.45) is 0 Å². The molecule has 2 aromatic carbocycles. The number of H-pyrrole nitrogens is 1. The number of ether oxygens (including phenoxy) is 2. The molecule has 2 amide bonds. The Morgan fingerprint density at radius 2 is 1.74 bits per heavy atom. The van der Waals surface area contributed by atoms with Crippen LogP contribution in [0.1, 0.15) is 12.5 Å². The van der Waals surface area contributed by atoms with Gasteiger partial charge in [0.2, 0.25) is 5.91 Å². The monoisotopic (exact) mass is 367 g/mol. The number of amides is 2. The summed E-state index contributed by atoms with van der Waals surface area (Å²) in [6, 6.07) is 14.6. The summed E-state index contributed by atoms with van der Waals surface area (Å²) in [6.45, 7) is 1.60. The maximum atomic E-state index is 12.1. The number of carbonyl (C=O) groups is 2. The number of rotatable bonds is 6. The fourth-order valence-electron chi connectivity index (χ4n) is 2.64.